The minimum absolute atomic E-state index is 0.000341. The average molecular weight is 314 g/mol. The second kappa shape index (κ2) is 6.20. The molecule has 5 nitrogen and oxygen atoms in total. The monoisotopic (exact) mass is 314 g/mol. The summed E-state index contributed by atoms with van der Waals surface area (Å²) in [4.78, 5) is 12.7. The van der Waals surface area contributed by atoms with E-state index in [2.05, 4.69) is 0 Å². The lowest BCUT2D eigenvalue weighted by Gasteiger charge is -2.25. The first-order valence-electron chi connectivity index (χ1n) is 7.34. The van der Waals surface area contributed by atoms with E-state index in [0.717, 1.165) is 11.3 Å². The van der Waals surface area contributed by atoms with Gasteiger partial charge in [0.25, 0.3) is 0 Å². The van der Waals surface area contributed by atoms with Crippen LogP contribution in [-0.2, 0) is 6.42 Å². The van der Waals surface area contributed by atoms with Crippen LogP contribution in [-0.4, -0.2) is 31.7 Å². The fraction of sp³-hybridized carbons (Fsp3) is 0.278. The predicted octanol–water partition coefficient (Wildman–Crippen LogP) is 2.84. The van der Waals surface area contributed by atoms with Gasteiger partial charge in [0, 0.05) is 0 Å². The summed E-state index contributed by atoms with van der Waals surface area (Å²) in [5, 5.41) is 9.78. The van der Waals surface area contributed by atoms with Crippen LogP contribution in [0.25, 0.3) is 0 Å². The average Bonchev–Trinajstić information content (AvgIpc) is 2.58. The Bertz CT molecular complexity index is 721. The summed E-state index contributed by atoms with van der Waals surface area (Å²) in [5.41, 5.74) is 1.49. The van der Waals surface area contributed by atoms with Crippen LogP contribution in [0.1, 0.15) is 15.9 Å². The number of ketones is 1. The fourth-order valence-electron chi connectivity index (χ4n) is 2.76. The summed E-state index contributed by atoms with van der Waals surface area (Å²) in [6.07, 6.45) is 0.589. The van der Waals surface area contributed by atoms with Crippen molar-refractivity contribution in [2.45, 2.75) is 6.42 Å². The molecule has 1 aliphatic heterocycles. The van der Waals surface area contributed by atoms with Crippen molar-refractivity contribution in [3.8, 4) is 23.0 Å². The number of hydrogen-bond acceptors (Lipinski definition) is 5. The topological polar surface area (TPSA) is 65.0 Å². The molecule has 3 rings (SSSR count). The van der Waals surface area contributed by atoms with E-state index in [4.69, 9.17) is 14.2 Å². The molecule has 1 N–H and O–H groups in total. The summed E-state index contributed by atoms with van der Waals surface area (Å²) in [7, 11) is 3.06. The molecule has 5 heteroatoms. The Morgan fingerprint density at radius 3 is 2.52 bits per heavy atom. The van der Waals surface area contributed by atoms with Gasteiger partial charge in [0.05, 0.1) is 32.3 Å². The molecular formula is C18H18O5. The molecule has 0 bridgehead atoms. The van der Waals surface area contributed by atoms with Crippen molar-refractivity contribution in [1.82, 2.24) is 0 Å². The molecule has 0 amide bonds. The van der Waals surface area contributed by atoms with Crippen LogP contribution in [0, 0.1) is 5.92 Å². The van der Waals surface area contributed by atoms with Crippen LogP contribution >= 0.6 is 0 Å². The van der Waals surface area contributed by atoms with E-state index in [0.29, 0.717) is 17.7 Å². The van der Waals surface area contributed by atoms with Crippen LogP contribution in [0.3, 0.4) is 0 Å². The van der Waals surface area contributed by atoms with Crippen molar-refractivity contribution in [2.24, 2.45) is 5.92 Å². The summed E-state index contributed by atoms with van der Waals surface area (Å²) in [5.74, 6) is 1.02. The maximum Gasteiger partial charge on any atom is 0.203 e. The first-order chi connectivity index (χ1) is 11.1. The quantitative estimate of drug-likeness (QED) is 0.940. The predicted molar refractivity (Wildman–Crippen MR) is 84.7 cm³/mol. The minimum atomic E-state index is -0.259. The number of ether oxygens (including phenoxy) is 3. The molecule has 0 spiro atoms. The van der Waals surface area contributed by atoms with E-state index < -0.39 is 0 Å². The maximum absolute atomic E-state index is 12.7. The molecule has 1 unspecified atom stereocenters. The largest absolute Gasteiger partial charge is 0.504 e. The van der Waals surface area contributed by atoms with Gasteiger partial charge in [-0.15, -0.1) is 0 Å². The number of Topliss-reactive ketones (excluding diaryl/α,β-unsaturated/α-hetero) is 1. The number of fused-ring (bicyclic) bond motifs is 1. The molecule has 1 heterocycles. The van der Waals surface area contributed by atoms with E-state index in [-0.39, 0.29) is 29.8 Å². The Hall–Kier alpha value is -2.69. The molecule has 1 aliphatic rings. The standard InChI is InChI=1S/C18H18O5/c1-21-13-5-3-11(4-6-13)9-12-10-23-17-14(16(12)20)7-8-15(19)18(17)22-2/h3-8,12,19H,9-10H2,1-2H3. The lowest BCUT2D eigenvalue weighted by molar-refractivity contribution is 0.0825. The van der Waals surface area contributed by atoms with Gasteiger partial charge in [-0.25, -0.2) is 0 Å². The van der Waals surface area contributed by atoms with E-state index in [9.17, 15) is 9.90 Å². The molecular weight excluding hydrogens is 296 g/mol. The Labute approximate surface area is 134 Å². The third-order valence-corrected chi connectivity index (χ3v) is 4.00. The Kier molecular flexibility index (Phi) is 4.10. The van der Waals surface area contributed by atoms with Gasteiger partial charge >= 0.3 is 0 Å². The van der Waals surface area contributed by atoms with Gasteiger partial charge in [0.1, 0.15) is 5.75 Å². The lowest BCUT2D eigenvalue weighted by atomic mass is 9.89. The normalized spacial score (nSPS) is 16.4. The number of methoxy groups -OCH3 is 2. The first kappa shape index (κ1) is 15.2. The van der Waals surface area contributed by atoms with E-state index >= 15 is 0 Å². The molecule has 0 aromatic heterocycles. The highest BCUT2D eigenvalue weighted by atomic mass is 16.5. The number of phenolic OH excluding ortho intramolecular Hbond substituents is 1. The molecule has 0 aliphatic carbocycles. The van der Waals surface area contributed by atoms with E-state index in [1.807, 2.05) is 24.3 Å². The highest BCUT2D eigenvalue weighted by molar-refractivity contribution is 6.02. The summed E-state index contributed by atoms with van der Waals surface area (Å²) in [6, 6.07) is 10.7. The molecule has 0 radical (unpaired) electrons. The Morgan fingerprint density at radius 1 is 1.13 bits per heavy atom. The second-order valence-electron chi connectivity index (χ2n) is 5.42. The number of benzene rings is 2. The van der Waals surface area contributed by atoms with Crippen LogP contribution in [0.5, 0.6) is 23.0 Å². The van der Waals surface area contributed by atoms with Gasteiger partial charge in [0.2, 0.25) is 5.75 Å². The number of phenols is 1. The van der Waals surface area contributed by atoms with Crippen molar-refractivity contribution in [3.63, 3.8) is 0 Å². The second-order valence-corrected chi connectivity index (χ2v) is 5.42. The van der Waals surface area contributed by atoms with Crippen LogP contribution in [0.15, 0.2) is 36.4 Å². The van der Waals surface area contributed by atoms with E-state index in [1.54, 1.807) is 13.2 Å². The zero-order chi connectivity index (χ0) is 16.4. The highest BCUT2D eigenvalue weighted by Crippen LogP contribution is 2.42. The smallest absolute Gasteiger partial charge is 0.203 e. The third kappa shape index (κ3) is 2.82. The van der Waals surface area contributed by atoms with Gasteiger partial charge < -0.3 is 19.3 Å². The molecule has 1 atom stereocenters. The molecule has 0 saturated carbocycles. The third-order valence-electron chi connectivity index (χ3n) is 4.00. The molecule has 2 aromatic carbocycles. The summed E-state index contributed by atoms with van der Waals surface area (Å²) >= 11 is 0. The number of carbonyl (C=O) groups excluding carboxylic acids is 1. The minimum Gasteiger partial charge on any atom is -0.504 e. The van der Waals surface area contributed by atoms with Crippen molar-refractivity contribution in [2.75, 3.05) is 20.8 Å². The van der Waals surface area contributed by atoms with E-state index in [1.165, 1.54) is 13.2 Å². The van der Waals surface area contributed by atoms with Crippen molar-refractivity contribution >= 4 is 5.78 Å². The van der Waals surface area contributed by atoms with Crippen LogP contribution < -0.4 is 14.2 Å². The molecule has 0 saturated heterocycles. The van der Waals surface area contributed by atoms with Crippen molar-refractivity contribution < 1.29 is 24.1 Å². The fourth-order valence-corrected chi connectivity index (χ4v) is 2.76. The van der Waals surface area contributed by atoms with Gasteiger partial charge in [-0.3, -0.25) is 4.79 Å². The SMILES string of the molecule is COc1ccc(CC2COc3c(ccc(O)c3OC)C2=O)cc1. The Balaban J connectivity index is 1.83. The summed E-state index contributed by atoms with van der Waals surface area (Å²) in [6.45, 7) is 0.262. The summed E-state index contributed by atoms with van der Waals surface area (Å²) < 4.78 is 16.0. The lowest BCUT2D eigenvalue weighted by Crippen LogP contribution is -2.29. The Morgan fingerprint density at radius 2 is 1.87 bits per heavy atom. The molecule has 2 aromatic rings. The first-order valence-corrected chi connectivity index (χ1v) is 7.34. The highest BCUT2D eigenvalue weighted by Gasteiger charge is 2.32. The number of carbonyl (C=O) groups is 1. The molecule has 120 valence electrons. The van der Waals surface area contributed by atoms with Gasteiger partial charge in [-0.1, -0.05) is 12.1 Å². The maximum atomic E-state index is 12.7. The van der Waals surface area contributed by atoms with Gasteiger partial charge in [-0.05, 0) is 36.2 Å². The molecule has 0 fully saturated rings. The van der Waals surface area contributed by atoms with Crippen LogP contribution in [0.2, 0.25) is 0 Å². The zero-order valence-corrected chi connectivity index (χ0v) is 13.0. The number of aromatic hydroxyl groups is 1. The van der Waals surface area contributed by atoms with Crippen molar-refractivity contribution in [3.05, 3.63) is 47.5 Å². The molecule has 23 heavy (non-hydrogen) atoms. The van der Waals surface area contributed by atoms with Gasteiger partial charge in [-0.2, -0.15) is 0 Å². The zero-order valence-electron chi connectivity index (χ0n) is 13.0. The number of rotatable bonds is 4. The van der Waals surface area contributed by atoms with Gasteiger partial charge in [0.15, 0.2) is 17.3 Å². The van der Waals surface area contributed by atoms with Crippen LogP contribution in [0.4, 0.5) is 0 Å². The number of hydrogen-bond donors (Lipinski definition) is 1. The van der Waals surface area contributed by atoms with Crippen molar-refractivity contribution in [1.29, 1.82) is 0 Å².